The molecule has 2 aromatic carbocycles. The number of hydrogen-bond acceptors (Lipinski definition) is 1. The Morgan fingerprint density at radius 3 is 1.63 bits per heavy atom. The molecule has 2 aromatic heterocycles. The zero-order valence-corrected chi connectivity index (χ0v) is 21.9. The van der Waals surface area contributed by atoms with Gasteiger partial charge in [0.2, 0.25) is 0 Å². The molecule has 30 heavy (non-hydrogen) atoms. The lowest BCUT2D eigenvalue weighted by atomic mass is 10.1. The highest BCUT2D eigenvalue weighted by molar-refractivity contribution is 14.1. The number of nitrogens with zero attached hydrogens (tertiary/aromatic N) is 3. The summed E-state index contributed by atoms with van der Waals surface area (Å²) >= 11 is 2.15. The molecule has 3 nitrogen and oxygen atoms in total. The summed E-state index contributed by atoms with van der Waals surface area (Å²) < 4.78 is 4.42. The van der Waals surface area contributed by atoms with Gasteiger partial charge in [0, 0.05) is 54.8 Å². The first kappa shape index (κ1) is 24.5. The van der Waals surface area contributed by atoms with E-state index in [1.165, 1.54) is 44.1 Å². The Balaban J connectivity index is 0.000000199. The number of benzene rings is 2. The third kappa shape index (κ3) is 5.27. The number of aryl methyl sites for hydroxylation is 5. The lowest BCUT2D eigenvalue weighted by Crippen LogP contribution is -2.10. The Bertz CT molecular complexity index is 1100. The number of alkyl halides is 1. The standard InChI is InChI=1S/C13H18N2.C12H15N.CH3I/c1-10-6-5-7-12-13(10)11(8-14(2)3)9-15(12)4;1-4-10-8-13(3)11-7-5-6-9(2)12(10)11;1-2/h5-7,9H,8H2,1-4H3;5-8H,4H2,1-3H3;1H3. The molecule has 0 aliphatic carbocycles. The summed E-state index contributed by atoms with van der Waals surface area (Å²) in [6.07, 6.45) is 5.58. The zero-order chi connectivity index (χ0) is 22.4. The second-order valence-electron chi connectivity index (χ2n) is 8.06. The molecule has 0 radical (unpaired) electrons. The highest BCUT2D eigenvalue weighted by Gasteiger charge is 2.09. The fraction of sp³-hybridized carbons (Fsp3) is 0.385. The lowest BCUT2D eigenvalue weighted by Gasteiger charge is -2.08. The van der Waals surface area contributed by atoms with Gasteiger partial charge in [0.15, 0.2) is 0 Å². The molecule has 0 unspecified atom stereocenters. The molecule has 0 atom stereocenters. The molecule has 0 spiro atoms. The Morgan fingerprint density at radius 1 is 0.767 bits per heavy atom. The second-order valence-corrected chi connectivity index (χ2v) is 8.06. The number of rotatable bonds is 3. The van der Waals surface area contributed by atoms with Crippen LogP contribution in [0.25, 0.3) is 21.8 Å². The third-order valence-corrected chi connectivity index (χ3v) is 5.47. The molecule has 0 amide bonds. The van der Waals surface area contributed by atoms with Gasteiger partial charge in [-0.25, -0.2) is 0 Å². The zero-order valence-electron chi connectivity index (χ0n) is 19.8. The van der Waals surface area contributed by atoms with Gasteiger partial charge in [0.05, 0.1) is 0 Å². The van der Waals surface area contributed by atoms with E-state index in [2.05, 4.69) is 134 Å². The van der Waals surface area contributed by atoms with Gasteiger partial charge in [-0.2, -0.15) is 0 Å². The molecule has 0 bridgehead atoms. The molecule has 0 saturated heterocycles. The molecule has 0 fully saturated rings. The molecular weight excluding hydrogens is 481 g/mol. The van der Waals surface area contributed by atoms with Gasteiger partial charge in [-0.1, -0.05) is 53.8 Å². The van der Waals surface area contributed by atoms with Crippen LogP contribution in [0.4, 0.5) is 0 Å². The maximum absolute atomic E-state index is 2.23. The van der Waals surface area contributed by atoms with Crippen molar-refractivity contribution in [3.8, 4) is 0 Å². The Hall–Kier alpha value is -1.79. The van der Waals surface area contributed by atoms with Gasteiger partial charge in [-0.15, -0.1) is 0 Å². The minimum absolute atomic E-state index is 1.00. The van der Waals surface area contributed by atoms with Crippen molar-refractivity contribution in [2.75, 3.05) is 19.0 Å². The van der Waals surface area contributed by atoms with Crippen LogP contribution in [0.5, 0.6) is 0 Å². The largest absolute Gasteiger partial charge is 0.350 e. The van der Waals surface area contributed by atoms with Crippen LogP contribution >= 0.6 is 22.6 Å². The Morgan fingerprint density at radius 2 is 1.20 bits per heavy atom. The van der Waals surface area contributed by atoms with E-state index in [4.69, 9.17) is 0 Å². The highest BCUT2D eigenvalue weighted by atomic mass is 127. The van der Waals surface area contributed by atoms with Crippen molar-refractivity contribution >= 4 is 44.4 Å². The first-order chi connectivity index (χ1) is 14.3. The molecule has 0 aliphatic heterocycles. The summed E-state index contributed by atoms with van der Waals surface area (Å²) in [6, 6.07) is 13.0. The smallest absolute Gasteiger partial charge is 0.0483 e. The van der Waals surface area contributed by atoms with Gasteiger partial charge in [0.25, 0.3) is 0 Å². The topological polar surface area (TPSA) is 13.1 Å². The SMILES string of the molecule is CCc1cn(C)c2cccc(C)c12.CI.Cc1cccc2c1c(CN(C)C)cn2C. The van der Waals surface area contributed by atoms with Gasteiger partial charge in [-0.05, 0) is 73.7 Å². The van der Waals surface area contributed by atoms with Gasteiger partial charge >= 0.3 is 0 Å². The van der Waals surface area contributed by atoms with Gasteiger partial charge in [0.1, 0.15) is 0 Å². The van der Waals surface area contributed by atoms with Gasteiger partial charge in [-0.3, -0.25) is 0 Å². The normalized spacial score (nSPS) is 10.7. The second kappa shape index (κ2) is 11.0. The summed E-state index contributed by atoms with van der Waals surface area (Å²) in [5.74, 6) is 0. The molecule has 0 saturated carbocycles. The van der Waals surface area contributed by atoms with Crippen LogP contribution in [0.3, 0.4) is 0 Å². The van der Waals surface area contributed by atoms with Crippen molar-refractivity contribution in [2.45, 2.75) is 33.7 Å². The van der Waals surface area contributed by atoms with Crippen LogP contribution in [0.1, 0.15) is 29.2 Å². The molecule has 0 N–H and O–H groups in total. The van der Waals surface area contributed by atoms with E-state index in [1.54, 1.807) is 0 Å². The minimum Gasteiger partial charge on any atom is -0.350 e. The van der Waals surface area contributed by atoms with Gasteiger partial charge < -0.3 is 14.0 Å². The van der Waals surface area contributed by atoms with E-state index in [0.29, 0.717) is 0 Å². The van der Waals surface area contributed by atoms with E-state index in [-0.39, 0.29) is 0 Å². The summed E-state index contributed by atoms with van der Waals surface area (Å²) in [5.41, 5.74) is 8.29. The molecule has 4 rings (SSSR count). The monoisotopic (exact) mass is 517 g/mol. The predicted octanol–water partition coefficient (Wildman–Crippen LogP) is 6.65. The third-order valence-electron chi connectivity index (χ3n) is 5.47. The van der Waals surface area contributed by atoms with Crippen LogP contribution < -0.4 is 0 Å². The predicted molar refractivity (Wildman–Crippen MR) is 142 cm³/mol. The molecule has 2 heterocycles. The molecule has 162 valence electrons. The van der Waals surface area contributed by atoms with Crippen molar-refractivity contribution in [3.63, 3.8) is 0 Å². The average Bonchev–Trinajstić information content (AvgIpc) is 3.22. The number of fused-ring (bicyclic) bond motifs is 2. The summed E-state index contributed by atoms with van der Waals surface area (Å²) in [7, 11) is 8.44. The summed E-state index contributed by atoms with van der Waals surface area (Å²) in [4.78, 5) is 4.18. The van der Waals surface area contributed by atoms with Crippen molar-refractivity contribution < 1.29 is 0 Å². The number of hydrogen-bond donors (Lipinski definition) is 0. The maximum Gasteiger partial charge on any atom is 0.0483 e. The van der Waals surface area contributed by atoms with Crippen molar-refractivity contribution in [1.82, 2.24) is 14.0 Å². The minimum atomic E-state index is 1.00. The lowest BCUT2D eigenvalue weighted by molar-refractivity contribution is 0.403. The van der Waals surface area contributed by atoms with Crippen molar-refractivity contribution in [2.24, 2.45) is 14.1 Å². The summed E-state index contributed by atoms with van der Waals surface area (Å²) in [6.45, 7) is 7.58. The van der Waals surface area contributed by atoms with Crippen LogP contribution in [-0.4, -0.2) is 33.1 Å². The Labute approximate surface area is 195 Å². The molecule has 4 aromatic rings. The average molecular weight is 517 g/mol. The van der Waals surface area contributed by atoms with Crippen LogP contribution in [0.2, 0.25) is 0 Å². The first-order valence-corrected chi connectivity index (χ1v) is 12.6. The maximum atomic E-state index is 2.23. The summed E-state index contributed by atoms with van der Waals surface area (Å²) in [5, 5.41) is 2.85. The highest BCUT2D eigenvalue weighted by Crippen LogP contribution is 2.25. The van der Waals surface area contributed by atoms with Crippen molar-refractivity contribution in [3.05, 3.63) is 71.0 Å². The van der Waals surface area contributed by atoms with Crippen LogP contribution in [0.15, 0.2) is 48.8 Å². The molecule has 0 aliphatic rings. The van der Waals surface area contributed by atoms with Crippen LogP contribution in [0, 0.1) is 13.8 Å². The Kier molecular flexibility index (Phi) is 8.98. The fourth-order valence-corrected chi connectivity index (χ4v) is 4.19. The van der Waals surface area contributed by atoms with Crippen LogP contribution in [-0.2, 0) is 27.1 Å². The van der Waals surface area contributed by atoms with E-state index in [0.717, 1.165) is 13.0 Å². The molecular formula is C26H36IN3. The van der Waals surface area contributed by atoms with Crippen molar-refractivity contribution in [1.29, 1.82) is 0 Å². The number of halogens is 1. The quantitative estimate of drug-likeness (QED) is 0.219. The van der Waals surface area contributed by atoms with E-state index >= 15 is 0 Å². The molecule has 4 heteroatoms. The van der Waals surface area contributed by atoms with E-state index in [1.807, 2.05) is 4.93 Å². The van der Waals surface area contributed by atoms with E-state index < -0.39 is 0 Å². The van der Waals surface area contributed by atoms with E-state index in [9.17, 15) is 0 Å². The first-order valence-electron chi connectivity index (χ1n) is 10.4. The number of aromatic nitrogens is 2. The fourth-order valence-electron chi connectivity index (χ4n) is 4.19.